The molecule has 0 radical (unpaired) electrons. The molecule has 0 spiro atoms. The molecule has 0 aliphatic heterocycles. The molecule has 0 heterocycles. The molecule has 2 atom stereocenters. The standard InChI is InChI=1S/C4H11NO2S2/c1-3(2)4(5)9(6,7)8/h3-4H,5H2,1-2H3,(H,6,7,8). The number of rotatable bonds is 2. The van der Waals surface area contributed by atoms with Crippen molar-refractivity contribution >= 4 is 20.0 Å². The Morgan fingerprint density at radius 3 is 2.00 bits per heavy atom. The molecule has 0 fully saturated rings. The van der Waals surface area contributed by atoms with Gasteiger partial charge in [-0.05, 0) is 5.92 Å². The molecule has 0 aliphatic carbocycles. The minimum atomic E-state index is -3.19. The Morgan fingerprint density at radius 1 is 1.67 bits per heavy atom. The Morgan fingerprint density at radius 2 is 2.00 bits per heavy atom. The number of hydrogen-bond acceptors (Lipinski definition) is 3. The molecule has 2 unspecified atom stereocenters. The van der Waals surface area contributed by atoms with Crippen LogP contribution in [0.1, 0.15) is 13.8 Å². The van der Waals surface area contributed by atoms with E-state index < -0.39 is 14.1 Å². The van der Waals surface area contributed by atoms with Gasteiger partial charge in [0.2, 0.25) is 0 Å². The fraction of sp³-hybridized carbons (Fsp3) is 1.00. The van der Waals surface area contributed by atoms with E-state index in [0.717, 1.165) is 0 Å². The Kier molecular flexibility index (Phi) is 3.01. The van der Waals surface area contributed by atoms with Crippen LogP contribution < -0.4 is 5.73 Å². The summed E-state index contributed by atoms with van der Waals surface area (Å²) in [4.78, 5) is 0. The van der Waals surface area contributed by atoms with Crippen LogP contribution in [0.2, 0.25) is 0 Å². The fourth-order valence-corrected chi connectivity index (χ4v) is 1.70. The van der Waals surface area contributed by atoms with Crippen LogP contribution in [0.25, 0.3) is 0 Å². The molecule has 0 rings (SSSR count). The van der Waals surface area contributed by atoms with E-state index in [1.165, 1.54) is 0 Å². The third kappa shape index (κ3) is 3.10. The SMILES string of the molecule is CC(C)C(N)S(=O)(O)=S. The molecular weight excluding hydrogens is 158 g/mol. The normalized spacial score (nSPS) is 21.4. The van der Waals surface area contributed by atoms with Crippen molar-refractivity contribution in [3.8, 4) is 0 Å². The maximum absolute atomic E-state index is 10.6. The van der Waals surface area contributed by atoms with Gasteiger partial charge >= 0.3 is 0 Å². The monoisotopic (exact) mass is 169 g/mol. The van der Waals surface area contributed by atoms with Crippen molar-refractivity contribution in [3.05, 3.63) is 0 Å². The minimum absolute atomic E-state index is 0.0417. The summed E-state index contributed by atoms with van der Waals surface area (Å²) in [6, 6.07) is 0. The van der Waals surface area contributed by atoms with Crippen LogP contribution in [0, 0.1) is 5.92 Å². The second-order valence-electron chi connectivity index (χ2n) is 2.22. The smallest absolute Gasteiger partial charge is 0.157 e. The highest BCUT2D eigenvalue weighted by Gasteiger charge is 2.16. The van der Waals surface area contributed by atoms with Crippen LogP contribution in [0.3, 0.4) is 0 Å². The van der Waals surface area contributed by atoms with Crippen molar-refractivity contribution in [1.82, 2.24) is 0 Å². The first-order valence-corrected chi connectivity index (χ1v) is 5.08. The molecular formula is C4H11NO2S2. The lowest BCUT2D eigenvalue weighted by Gasteiger charge is -2.13. The first kappa shape index (κ1) is 9.29. The zero-order valence-electron chi connectivity index (χ0n) is 5.40. The van der Waals surface area contributed by atoms with Gasteiger partial charge in [-0.15, -0.1) is 0 Å². The third-order valence-corrected chi connectivity index (χ3v) is 2.90. The van der Waals surface area contributed by atoms with E-state index >= 15 is 0 Å². The van der Waals surface area contributed by atoms with Gasteiger partial charge in [-0.25, -0.2) is 4.21 Å². The largest absolute Gasteiger partial charge is 0.315 e. The van der Waals surface area contributed by atoms with Gasteiger partial charge in [0.15, 0.2) is 8.77 Å². The molecule has 0 bridgehead atoms. The van der Waals surface area contributed by atoms with Gasteiger partial charge in [0.1, 0.15) is 5.37 Å². The molecule has 0 amide bonds. The number of nitrogens with two attached hydrogens (primary N) is 1. The van der Waals surface area contributed by atoms with Gasteiger partial charge in [0.05, 0.1) is 0 Å². The predicted molar refractivity (Wildman–Crippen MR) is 40.9 cm³/mol. The molecule has 0 aliphatic rings. The van der Waals surface area contributed by atoms with E-state index in [1.807, 2.05) is 0 Å². The van der Waals surface area contributed by atoms with Crippen molar-refractivity contribution in [3.63, 3.8) is 0 Å². The average Bonchev–Trinajstić information content (AvgIpc) is 1.62. The molecule has 0 saturated heterocycles. The minimum Gasteiger partial charge on any atom is -0.315 e. The molecule has 5 heteroatoms. The summed E-state index contributed by atoms with van der Waals surface area (Å²) in [7, 11) is -3.19. The number of hydrogen-bond donors (Lipinski definition) is 2. The highest BCUT2D eigenvalue weighted by molar-refractivity contribution is 8.30. The van der Waals surface area contributed by atoms with Crippen LogP contribution in [0.5, 0.6) is 0 Å². The lowest BCUT2D eigenvalue weighted by molar-refractivity contribution is 0.509. The second kappa shape index (κ2) is 2.92. The van der Waals surface area contributed by atoms with Crippen LogP contribution >= 0.6 is 0 Å². The molecule has 0 saturated carbocycles. The first-order chi connectivity index (χ1) is 3.85. The lowest BCUT2D eigenvalue weighted by atomic mass is 10.2. The topological polar surface area (TPSA) is 63.3 Å². The predicted octanol–water partition coefficient (Wildman–Crippen LogP) is 0.147. The van der Waals surface area contributed by atoms with Crippen LogP contribution in [-0.2, 0) is 20.0 Å². The highest BCUT2D eigenvalue weighted by Crippen LogP contribution is 2.03. The summed E-state index contributed by atoms with van der Waals surface area (Å²) < 4.78 is 19.2. The van der Waals surface area contributed by atoms with Crippen molar-refractivity contribution in [2.24, 2.45) is 11.7 Å². The van der Waals surface area contributed by atoms with E-state index in [-0.39, 0.29) is 5.92 Å². The summed E-state index contributed by atoms with van der Waals surface area (Å²) in [5, 5.41) is -0.785. The van der Waals surface area contributed by atoms with Gasteiger partial charge in [0.25, 0.3) is 0 Å². The van der Waals surface area contributed by atoms with Crippen molar-refractivity contribution in [2.75, 3.05) is 0 Å². The van der Waals surface area contributed by atoms with Crippen LogP contribution in [0.15, 0.2) is 0 Å². The highest BCUT2D eigenvalue weighted by atomic mass is 32.8. The third-order valence-electron chi connectivity index (χ3n) is 1.00. The molecule has 0 aromatic rings. The Bertz CT molecular complexity index is 173. The summed E-state index contributed by atoms with van der Waals surface area (Å²) in [6.07, 6.45) is 0. The summed E-state index contributed by atoms with van der Waals surface area (Å²) in [6.45, 7) is 3.51. The fourth-order valence-electron chi connectivity index (χ4n) is 0.344. The van der Waals surface area contributed by atoms with E-state index in [1.54, 1.807) is 13.8 Å². The Labute approximate surface area is 60.1 Å². The van der Waals surface area contributed by atoms with Gasteiger partial charge in [-0.3, -0.25) is 0 Å². The average molecular weight is 169 g/mol. The Hall–Kier alpha value is 0.290. The van der Waals surface area contributed by atoms with E-state index in [9.17, 15) is 4.21 Å². The van der Waals surface area contributed by atoms with E-state index in [4.69, 9.17) is 10.3 Å². The quantitative estimate of drug-likeness (QED) is 0.617. The molecule has 3 nitrogen and oxygen atoms in total. The molecule has 56 valence electrons. The van der Waals surface area contributed by atoms with Crippen molar-refractivity contribution in [2.45, 2.75) is 19.2 Å². The van der Waals surface area contributed by atoms with Crippen LogP contribution in [0.4, 0.5) is 0 Å². The molecule has 0 aromatic heterocycles. The molecule has 9 heavy (non-hydrogen) atoms. The van der Waals surface area contributed by atoms with Crippen molar-refractivity contribution < 1.29 is 8.76 Å². The van der Waals surface area contributed by atoms with Gasteiger partial charge in [-0.2, -0.15) is 0 Å². The summed E-state index contributed by atoms with van der Waals surface area (Å²) in [5.41, 5.74) is 5.26. The Balaban J connectivity index is 4.24. The maximum Gasteiger partial charge on any atom is 0.157 e. The lowest BCUT2D eigenvalue weighted by Crippen LogP contribution is -2.34. The molecule has 3 N–H and O–H groups in total. The van der Waals surface area contributed by atoms with Gasteiger partial charge in [0, 0.05) is 11.2 Å². The van der Waals surface area contributed by atoms with Gasteiger partial charge < -0.3 is 10.3 Å². The zero-order chi connectivity index (χ0) is 7.65. The summed E-state index contributed by atoms with van der Waals surface area (Å²) >= 11 is 4.24. The zero-order valence-corrected chi connectivity index (χ0v) is 7.04. The second-order valence-corrected chi connectivity index (χ2v) is 5.23. The van der Waals surface area contributed by atoms with Gasteiger partial charge in [-0.1, -0.05) is 13.8 Å². The summed E-state index contributed by atoms with van der Waals surface area (Å²) in [5.74, 6) is -0.0417. The van der Waals surface area contributed by atoms with E-state index in [2.05, 4.69) is 11.2 Å². The van der Waals surface area contributed by atoms with E-state index in [0.29, 0.717) is 0 Å². The first-order valence-electron chi connectivity index (χ1n) is 2.57. The molecule has 0 aromatic carbocycles. The van der Waals surface area contributed by atoms with Crippen molar-refractivity contribution in [1.29, 1.82) is 0 Å². The maximum atomic E-state index is 10.6. The van der Waals surface area contributed by atoms with Crippen LogP contribution in [-0.4, -0.2) is 14.1 Å².